The molecule has 1 aromatic rings. The second-order valence-electron chi connectivity index (χ2n) is 4.60. The van der Waals surface area contributed by atoms with Crippen molar-refractivity contribution in [2.24, 2.45) is 5.41 Å². The molecule has 1 saturated carbocycles. The Morgan fingerprint density at radius 2 is 1.73 bits per heavy atom. The van der Waals surface area contributed by atoms with E-state index in [1.54, 1.807) is 0 Å². The second-order valence-corrected chi connectivity index (χ2v) is 5.52. The summed E-state index contributed by atoms with van der Waals surface area (Å²) >= 11 is 3.38. The molecule has 1 aliphatic carbocycles. The highest BCUT2D eigenvalue weighted by Gasteiger charge is 2.36. The molecule has 0 bridgehead atoms. The van der Waals surface area contributed by atoms with Crippen molar-refractivity contribution in [3.05, 3.63) is 34.3 Å². The van der Waals surface area contributed by atoms with Crippen molar-refractivity contribution in [1.82, 2.24) is 0 Å². The zero-order valence-corrected chi connectivity index (χ0v) is 10.5. The Bertz CT molecular complexity index is 361. The van der Waals surface area contributed by atoms with Gasteiger partial charge in [-0.15, -0.1) is 0 Å². The van der Waals surface area contributed by atoms with Crippen LogP contribution < -0.4 is 0 Å². The van der Waals surface area contributed by atoms with Gasteiger partial charge in [-0.05, 0) is 25.0 Å². The van der Waals surface area contributed by atoms with Gasteiger partial charge in [0.05, 0.1) is 0 Å². The average molecular weight is 267 g/mol. The van der Waals surface area contributed by atoms with Gasteiger partial charge >= 0.3 is 0 Å². The Morgan fingerprint density at radius 1 is 1.20 bits per heavy atom. The fourth-order valence-corrected chi connectivity index (χ4v) is 2.60. The Hall–Kier alpha value is -0.630. The molecule has 1 fully saturated rings. The summed E-state index contributed by atoms with van der Waals surface area (Å²) in [5.74, 6) is 0.313. The summed E-state index contributed by atoms with van der Waals surface area (Å²) in [6, 6.07) is 7.70. The molecule has 2 rings (SSSR count). The van der Waals surface area contributed by atoms with Crippen molar-refractivity contribution < 1.29 is 4.79 Å². The minimum atomic E-state index is -0.103. The minimum absolute atomic E-state index is 0.103. The Morgan fingerprint density at radius 3 is 2.27 bits per heavy atom. The molecule has 1 aromatic carbocycles. The second kappa shape index (κ2) is 4.09. The maximum atomic E-state index is 12.3. The van der Waals surface area contributed by atoms with Gasteiger partial charge in [-0.3, -0.25) is 4.79 Å². The lowest BCUT2D eigenvalue weighted by Gasteiger charge is -2.21. The van der Waals surface area contributed by atoms with E-state index in [9.17, 15) is 4.79 Å². The fraction of sp³-hybridized carbons (Fsp3) is 0.462. The molecule has 0 radical (unpaired) electrons. The van der Waals surface area contributed by atoms with E-state index in [1.165, 1.54) is 12.8 Å². The van der Waals surface area contributed by atoms with Gasteiger partial charge in [0.1, 0.15) is 0 Å². The number of ketones is 1. The highest BCUT2D eigenvalue weighted by molar-refractivity contribution is 9.10. The van der Waals surface area contributed by atoms with Crippen LogP contribution in [0.3, 0.4) is 0 Å². The smallest absolute Gasteiger partial charge is 0.168 e. The largest absolute Gasteiger partial charge is 0.294 e. The van der Waals surface area contributed by atoms with Gasteiger partial charge in [0.15, 0.2) is 5.78 Å². The van der Waals surface area contributed by atoms with E-state index in [2.05, 4.69) is 22.9 Å². The maximum absolute atomic E-state index is 12.3. The standard InChI is InChI=1S/C13H15BrO/c1-13(8-2-3-9-13)12(15)10-4-6-11(14)7-5-10/h4-7H,2-3,8-9H2,1H3. The van der Waals surface area contributed by atoms with Crippen LogP contribution in [0, 0.1) is 5.41 Å². The lowest BCUT2D eigenvalue weighted by Crippen LogP contribution is -2.24. The van der Waals surface area contributed by atoms with Crippen LogP contribution in [-0.4, -0.2) is 5.78 Å². The third-order valence-corrected chi connectivity index (χ3v) is 3.89. The fourth-order valence-electron chi connectivity index (χ4n) is 2.33. The van der Waals surface area contributed by atoms with Gasteiger partial charge in [-0.25, -0.2) is 0 Å². The molecule has 0 spiro atoms. The molecule has 80 valence electrons. The van der Waals surface area contributed by atoms with Crippen LogP contribution >= 0.6 is 15.9 Å². The minimum Gasteiger partial charge on any atom is -0.294 e. The molecule has 0 aliphatic heterocycles. The van der Waals surface area contributed by atoms with Gasteiger partial charge in [-0.1, -0.05) is 47.8 Å². The molecule has 0 saturated heterocycles. The van der Waals surface area contributed by atoms with Crippen molar-refractivity contribution in [2.45, 2.75) is 32.6 Å². The molecule has 0 aromatic heterocycles. The van der Waals surface area contributed by atoms with Gasteiger partial charge in [0.2, 0.25) is 0 Å². The van der Waals surface area contributed by atoms with Crippen molar-refractivity contribution in [3.8, 4) is 0 Å². The molecule has 1 nitrogen and oxygen atoms in total. The maximum Gasteiger partial charge on any atom is 0.168 e. The summed E-state index contributed by atoms with van der Waals surface area (Å²) in [5.41, 5.74) is 0.746. The van der Waals surface area contributed by atoms with Crippen LogP contribution in [-0.2, 0) is 0 Å². The number of carbonyl (C=O) groups excluding carboxylic acids is 1. The van der Waals surface area contributed by atoms with Crippen LogP contribution in [0.25, 0.3) is 0 Å². The van der Waals surface area contributed by atoms with Gasteiger partial charge in [0.25, 0.3) is 0 Å². The Balaban J connectivity index is 2.24. The molecule has 0 heterocycles. The average Bonchev–Trinajstić information content (AvgIpc) is 2.67. The first kappa shape index (κ1) is 10.9. The van der Waals surface area contributed by atoms with Crippen molar-refractivity contribution in [1.29, 1.82) is 0 Å². The number of benzene rings is 1. The number of Topliss-reactive ketones (excluding diaryl/α,β-unsaturated/α-hetero) is 1. The zero-order chi connectivity index (χ0) is 10.9. The molecule has 0 atom stereocenters. The Kier molecular flexibility index (Phi) is 2.96. The summed E-state index contributed by atoms with van der Waals surface area (Å²) in [7, 11) is 0. The quantitative estimate of drug-likeness (QED) is 0.733. The van der Waals surface area contributed by atoms with Gasteiger partial charge in [-0.2, -0.15) is 0 Å². The van der Waals surface area contributed by atoms with Crippen LogP contribution in [0.5, 0.6) is 0 Å². The molecule has 0 amide bonds. The summed E-state index contributed by atoms with van der Waals surface area (Å²) in [5, 5.41) is 0. The van der Waals surface area contributed by atoms with E-state index in [1.807, 2.05) is 24.3 Å². The molecule has 0 N–H and O–H groups in total. The zero-order valence-electron chi connectivity index (χ0n) is 8.92. The number of rotatable bonds is 2. The SMILES string of the molecule is CC1(C(=O)c2ccc(Br)cc2)CCCC1. The molecular weight excluding hydrogens is 252 g/mol. The van der Waals surface area contributed by atoms with Crippen LogP contribution in [0.2, 0.25) is 0 Å². The summed E-state index contributed by atoms with van der Waals surface area (Å²) in [6.07, 6.45) is 4.47. The van der Waals surface area contributed by atoms with Crippen molar-refractivity contribution in [3.63, 3.8) is 0 Å². The van der Waals surface area contributed by atoms with Crippen LogP contribution in [0.4, 0.5) is 0 Å². The van der Waals surface area contributed by atoms with E-state index in [0.717, 1.165) is 22.9 Å². The van der Waals surface area contributed by atoms with E-state index in [0.29, 0.717) is 5.78 Å². The molecule has 1 aliphatic rings. The predicted octanol–water partition coefficient (Wildman–Crippen LogP) is 4.21. The molecule has 15 heavy (non-hydrogen) atoms. The highest BCUT2D eigenvalue weighted by atomic mass is 79.9. The number of halogens is 1. The van der Waals surface area contributed by atoms with E-state index in [-0.39, 0.29) is 5.41 Å². The first-order valence-electron chi connectivity index (χ1n) is 5.42. The normalized spacial score (nSPS) is 19.1. The molecule has 2 heteroatoms. The number of hydrogen-bond donors (Lipinski definition) is 0. The summed E-state index contributed by atoms with van der Waals surface area (Å²) in [4.78, 5) is 12.3. The van der Waals surface area contributed by atoms with Crippen molar-refractivity contribution >= 4 is 21.7 Å². The van der Waals surface area contributed by atoms with E-state index in [4.69, 9.17) is 0 Å². The predicted molar refractivity (Wildman–Crippen MR) is 65.0 cm³/mol. The number of carbonyl (C=O) groups is 1. The van der Waals surface area contributed by atoms with Gasteiger partial charge in [0, 0.05) is 15.5 Å². The van der Waals surface area contributed by atoms with E-state index < -0.39 is 0 Å². The highest BCUT2D eigenvalue weighted by Crippen LogP contribution is 2.40. The van der Waals surface area contributed by atoms with Crippen LogP contribution in [0.15, 0.2) is 28.7 Å². The molecular formula is C13H15BrO. The number of hydrogen-bond acceptors (Lipinski definition) is 1. The first-order chi connectivity index (χ1) is 7.12. The topological polar surface area (TPSA) is 17.1 Å². The molecule has 0 unspecified atom stereocenters. The third kappa shape index (κ3) is 2.15. The Labute approximate surface area is 99.0 Å². The van der Waals surface area contributed by atoms with Gasteiger partial charge < -0.3 is 0 Å². The summed E-state index contributed by atoms with van der Waals surface area (Å²) in [6.45, 7) is 2.10. The monoisotopic (exact) mass is 266 g/mol. The summed E-state index contributed by atoms with van der Waals surface area (Å²) < 4.78 is 1.02. The van der Waals surface area contributed by atoms with Crippen LogP contribution in [0.1, 0.15) is 43.0 Å². The lowest BCUT2D eigenvalue weighted by molar-refractivity contribution is 0.0823. The third-order valence-electron chi connectivity index (χ3n) is 3.36. The first-order valence-corrected chi connectivity index (χ1v) is 6.21. The van der Waals surface area contributed by atoms with Crippen molar-refractivity contribution in [2.75, 3.05) is 0 Å². The lowest BCUT2D eigenvalue weighted by atomic mass is 9.81. The van der Waals surface area contributed by atoms with E-state index >= 15 is 0 Å².